The Hall–Kier alpha value is -2.22. The maximum atomic E-state index is 12.7. The molecule has 0 spiro atoms. The van der Waals surface area contributed by atoms with Crippen molar-refractivity contribution in [3.63, 3.8) is 0 Å². The molecule has 3 aromatic rings. The van der Waals surface area contributed by atoms with Gasteiger partial charge in [0.2, 0.25) is 0 Å². The second-order valence-electron chi connectivity index (χ2n) is 6.46. The van der Waals surface area contributed by atoms with Crippen LogP contribution in [0.15, 0.2) is 41.1 Å². The highest BCUT2D eigenvalue weighted by atomic mass is 32.1. The summed E-state index contributed by atoms with van der Waals surface area (Å²) < 4.78 is 11.0. The first-order valence-electron chi connectivity index (χ1n) is 9.02. The lowest BCUT2D eigenvalue weighted by molar-refractivity contribution is 0.0683. The van der Waals surface area contributed by atoms with Gasteiger partial charge >= 0.3 is 0 Å². The molecular formula is C21H24N2O3S2. The predicted octanol–water partition coefficient (Wildman–Crippen LogP) is 4.69. The Morgan fingerprint density at radius 3 is 2.75 bits per heavy atom. The molecule has 7 heteroatoms. The summed E-state index contributed by atoms with van der Waals surface area (Å²) in [6.07, 6.45) is 0. The predicted molar refractivity (Wildman–Crippen MR) is 113 cm³/mol. The van der Waals surface area contributed by atoms with Crippen molar-refractivity contribution in [1.29, 1.82) is 0 Å². The minimum absolute atomic E-state index is 0.00739. The van der Waals surface area contributed by atoms with Gasteiger partial charge in [-0.25, -0.2) is 4.98 Å². The molecule has 0 N–H and O–H groups in total. The highest BCUT2D eigenvalue weighted by Gasteiger charge is 2.18. The molecule has 2 heterocycles. The van der Waals surface area contributed by atoms with Crippen molar-refractivity contribution in [2.75, 3.05) is 20.3 Å². The standard InChI is InChI=1S/C21H24N2O3S2/c1-15-6-7-18(11-16(15)2)26-13-20-22-17(14-28-20)12-23(8-9-25-3)21(24)19-5-4-10-27-19/h4-7,10-11,14H,8-9,12-13H2,1-3H3. The first-order valence-corrected chi connectivity index (χ1v) is 10.8. The fraction of sp³-hybridized carbons (Fsp3) is 0.333. The van der Waals surface area contributed by atoms with E-state index in [2.05, 4.69) is 24.9 Å². The molecule has 0 atom stereocenters. The summed E-state index contributed by atoms with van der Waals surface area (Å²) in [6.45, 7) is 6.05. The monoisotopic (exact) mass is 416 g/mol. The highest BCUT2D eigenvalue weighted by molar-refractivity contribution is 7.12. The first-order chi connectivity index (χ1) is 13.6. The summed E-state index contributed by atoms with van der Waals surface area (Å²) in [5, 5.41) is 4.79. The van der Waals surface area contributed by atoms with E-state index in [0.29, 0.717) is 26.3 Å². The topological polar surface area (TPSA) is 51.7 Å². The smallest absolute Gasteiger partial charge is 0.264 e. The molecule has 0 radical (unpaired) electrons. The van der Waals surface area contributed by atoms with E-state index < -0.39 is 0 Å². The zero-order valence-electron chi connectivity index (χ0n) is 16.3. The van der Waals surface area contributed by atoms with Crippen LogP contribution in [0.4, 0.5) is 0 Å². The van der Waals surface area contributed by atoms with Crippen LogP contribution in [0.1, 0.15) is 31.5 Å². The number of hydrogen-bond acceptors (Lipinski definition) is 6. The van der Waals surface area contributed by atoms with Crippen LogP contribution in [0, 0.1) is 13.8 Å². The number of aromatic nitrogens is 1. The molecule has 1 amide bonds. The lowest BCUT2D eigenvalue weighted by atomic mass is 10.1. The average molecular weight is 417 g/mol. The molecule has 0 unspecified atom stereocenters. The molecule has 0 bridgehead atoms. The molecule has 0 aliphatic rings. The summed E-state index contributed by atoms with van der Waals surface area (Å²) in [7, 11) is 1.64. The molecule has 2 aromatic heterocycles. The number of thiazole rings is 1. The van der Waals surface area contributed by atoms with Crippen LogP contribution in [0.5, 0.6) is 5.75 Å². The maximum Gasteiger partial charge on any atom is 0.264 e. The largest absolute Gasteiger partial charge is 0.486 e. The summed E-state index contributed by atoms with van der Waals surface area (Å²) in [5.41, 5.74) is 3.32. The van der Waals surface area contributed by atoms with Crippen molar-refractivity contribution in [2.45, 2.75) is 27.0 Å². The van der Waals surface area contributed by atoms with Gasteiger partial charge in [-0.15, -0.1) is 22.7 Å². The zero-order chi connectivity index (χ0) is 19.9. The number of ether oxygens (including phenoxy) is 2. The van der Waals surface area contributed by atoms with Gasteiger partial charge in [0.1, 0.15) is 17.4 Å². The van der Waals surface area contributed by atoms with Crippen LogP contribution >= 0.6 is 22.7 Å². The lowest BCUT2D eigenvalue weighted by Gasteiger charge is -2.20. The summed E-state index contributed by atoms with van der Waals surface area (Å²) in [6, 6.07) is 9.80. The Morgan fingerprint density at radius 1 is 1.18 bits per heavy atom. The van der Waals surface area contributed by atoms with Crippen molar-refractivity contribution in [2.24, 2.45) is 0 Å². The molecule has 148 valence electrons. The van der Waals surface area contributed by atoms with Crippen molar-refractivity contribution >= 4 is 28.6 Å². The van der Waals surface area contributed by atoms with E-state index in [1.54, 1.807) is 23.3 Å². The number of rotatable bonds is 9. The third-order valence-electron chi connectivity index (χ3n) is 4.38. The molecule has 5 nitrogen and oxygen atoms in total. The van der Waals surface area contributed by atoms with Gasteiger partial charge in [0, 0.05) is 19.0 Å². The van der Waals surface area contributed by atoms with Crippen molar-refractivity contribution in [3.8, 4) is 5.75 Å². The maximum absolute atomic E-state index is 12.7. The first kappa shape index (κ1) is 20.5. The van der Waals surface area contributed by atoms with Crippen LogP contribution in [0.3, 0.4) is 0 Å². The van der Waals surface area contributed by atoms with Gasteiger partial charge in [-0.1, -0.05) is 12.1 Å². The Kier molecular flexibility index (Phi) is 7.19. The van der Waals surface area contributed by atoms with Gasteiger partial charge in [-0.2, -0.15) is 0 Å². The van der Waals surface area contributed by atoms with Crippen molar-refractivity contribution in [1.82, 2.24) is 9.88 Å². The van der Waals surface area contributed by atoms with Crippen LogP contribution in [-0.4, -0.2) is 36.1 Å². The summed E-state index contributed by atoms with van der Waals surface area (Å²) >= 11 is 3.00. The second kappa shape index (κ2) is 9.82. The van der Waals surface area contributed by atoms with Gasteiger partial charge in [0.25, 0.3) is 5.91 Å². The molecule has 0 aliphatic carbocycles. The fourth-order valence-electron chi connectivity index (χ4n) is 2.64. The van der Waals surface area contributed by atoms with E-state index >= 15 is 0 Å². The number of hydrogen-bond donors (Lipinski definition) is 0. The molecule has 0 saturated heterocycles. The molecule has 0 saturated carbocycles. The highest BCUT2D eigenvalue weighted by Crippen LogP contribution is 2.20. The quantitative estimate of drug-likeness (QED) is 0.508. The number of thiophene rings is 1. The third kappa shape index (κ3) is 5.41. The lowest BCUT2D eigenvalue weighted by Crippen LogP contribution is -2.33. The number of carbonyl (C=O) groups excluding carboxylic acids is 1. The summed E-state index contributed by atoms with van der Waals surface area (Å²) in [4.78, 5) is 19.9. The zero-order valence-corrected chi connectivity index (χ0v) is 17.9. The van der Waals surface area contributed by atoms with Crippen molar-refractivity contribution in [3.05, 3.63) is 67.8 Å². The Morgan fingerprint density at radius 2 is 2.04 bits per heavy atom. The molecule has 0 aliphatic heterocycles. The van der Waals surface area contributed by atoms with E-state index in [1.807, 2.05) is 35.0 Å². The van der Waals surface area contributed by atoms with Gasteiger partial charge in [-0.05, 0) is 48.6 Å². The number of benzene rings is 1. The number of aryl methyl sites for hydroxylation is 2. The van der Waals surface area contributed by atoms with Crippen LogP contribution in [0.25, 0.3) is 0 Å². The molecule has 0 fully saturated rings. The van der Waals surface area contributed by atoms with Crippen LogP contribution in [-0.2, 0) is 17.9 Å². The Balaban J connectivity index is 1.62. The third-order valence-corrected chi connectivity index (χ3v) is 6.11. The van der Waals surface area contributed by atoms with Crippen molar-refractivity contribution < 1.29 is 14.3 Å². The molecule has 28 heavy (non-hydrogen) atoms. The number of amides is 1. The van der Waals surface area contributed by atoms with Gasteiger partial charge in [-0.3, -0.25) is 4.79 Å². The number of methoxy groups -OCH3 is 1. The van der Waals surface area contributed by atoms with E-state index in [-0.39, 0.29) is 5.91 Å². The van der Waals surface area contributed by atoms with Crippen LogP contribution in [0.2, 0.25) is 0 Å². The fourth-order valence-corrected chi connectivity index (χ4v) is 4.03. The summed E-state index contributed by atoms with van der Waals surface area (Å²) in [5.74, 6) is 0.849. The van der Waals surface area contributed by atoms with Crippen LogP contribution < -0.4 is 4.74 Å². The molecular weight excluding hydrogens is 392 g/mol. The van der Waals surface area contributed by atoms with E-state index in [1.165, 1.54) is 22.5 Å². The molecule has 3 rings (SSSR count). The second-order valence-corrected chi connectivity index (χ2v) is 8.35. The SMILES string of the molecule is COCCN(Cc1csc(COc2ccc(C)c(C)c2)n1)C(=O)c1cccs1. The van der Waals surface area contributed by atoms with E-state index in [0.717, 1.165) is 21.3 Å². The normalized spacial score (nSPS) is 10.8. The van der Waals surface area contributed by atoms with E-state index in [9.17, 15) is 4.79 Å². The Bertz CT molecular complexity index is 906. The number of nitrogens with zero attached hydrogens (tertiary/aromatic N) is 2. The average Bonchev–Trinajstić information content (AvgIpc) is 3.37. The number of carbonyl (C=O) groups is 1. The van der Waals surface area contributed by atoms with Gasteiger partial charge < -0.3 is 14.4 Å². The van der Waals surface area contributed by atoms with Gasteiger partial charge in [0.15, 0.2) is 0 Å². The van der Waals surface area contributed by atoms with Gasteiger partial charge in [0.05, 0.1) is 23.7 Å². The van der Waals surface area contributed by atoms with E-state index in [4.69, 9.17) is 9.47 Å². The Labute approximate surface area is 173 Å². The molecule has 1 aromatic carbocycles. The minimum atomic E-state index is 0.00739. The minimum Gasteiger partial charge on any atom is -0.486 e.